The Morgan fingerprint density at radius 2 is 1.96 bits per heavy atom. The van der Waals surface area contributed by atoms with Gasteiger partial charge in [0.05, 0.1) is 5.69 Å². The Hall–Kier alpha value is -3.22. The molecule has 1 atom stereocenters. The van der Waals surface area contributed by atoms with E-state index in [2.05, 4.69) is 4.98 Å². The summed E-state index contributed by atoms with van der Waals surface area (Å²) in [6.07, 6.45) is 0.809. The third-order valence-electron chi connectivity index (χ3n) is 3.68. The topological polar surface area (TPSA) is 69.9 Å². The highest BCUT2D eigenvalue weighted by Gasteiger charge is 2.17. The summed E-state index contributed by atoms with van der Waals surface area (Å²) in [6.45, 7) is 3.26. The highest BCUT2D eigenvalue weighted by molar-refractivity contribution is 5.74. The fourth-order valence-electron chi connectivity index (χ4n) is 2.36. The van der Waals surface area contributed by atoms with Gasteiger partial charge in [0.2, 0.25) is 0 Å². The van der Waals surface area contributed by atoms with E-state index in [1.807, 2.05) is 13.0 Å². The number of hydrogen-bond donors (Lipinski definition) is 0. The van der Waals surface area contributed by atoms with Crippen molar-refractivity contribution in [3.8, 4) is 5.75 Å². The van der Waals surface area contributed by atoms with E-state index in [0.717, 1.165) is 5.56 Å². The molecule has 0 spiro atoms. The van der Waals surface area contributed by atoms with Crippen LogP contribution in [0.15, 0.2) is 53.5 Å². The lowest BCUT2D eigenvalue weighted by Gasteiger charge is -2.14. The van der Waals surface area contributed by atoms with Gasteiger partial charge in [0.1, 0.15) is 23.8 Å². The van der Waals surface area contributed by atoms with Crippen LogP contribution in [0.4, 0.5) is 4.39 Å². The lowest BCUT2D eigenvalue weighted by molar-refractivity contribution is -0.152. The molecule has 0 radical (unpaired) electrons. The minimum absolute atomic E-state index is 0.143. The number of rotatable bonds is 5. The summed E-state index contributed by atoms with van der Waals surface area (Å²) in [7, 11) is 0. The predicted molar refractivity (Wildman–Crippen MR) is 92.5 cm³/mol. The number of nitrogens with zero attached hydrogens (tertiary/aromatic N) is 2. The van der Waals surface area contributed by atoms with Crippen LogP contribution >= 0.6 is 0 Å². The van der Waals surface area contributed by atoms with E-state index < -0.39 is 17.9 Å². The SMILES string of the molecule is Cc1ccc2nc(COC(=O)[C@H](C)Oc3ccc(F)cc3)cc(=O)n2c1. The number of carbonyl (C=O) groups excluding carboxylic acids is 1. The molecule has 26 heavy (non-hydrogen) atoms. The fraction of sp³-hybridized carbons (Fsp3) is 0.211. The highest BCUT2D eigenvalue weighted by atomic mass is 19.1. The predicted octanol–water partition coefficient (Wildman–Crippen LogP) is 2.65. The Balaban J connectivity index is 1.65. The number of aromatic nitrogens is 2. The first kappa shape index (κ1) is 17.6. The third-order valence-corrected chi connectivity index (χ3v) is 3.68. The number of pyridine rings is 1. The molecule has 0 saturated carbocycles. The Kier molecular flexibility index (Phi) is 4.97. The van der Waals surface area contributed by atoms with Crippen LogP contribution in [0, 0.1) is 12.7 Å². The van der Waals surface area contributed by atoms with Gasteiger partial charge in [-0.1, -0.05) is 6.07 Å². The molecular weight excluding hydrogens is 339 g/mol. The molecule has 0 unspecified atom stereocenters. The van der Waals surface area contributed by atoms with Gasteiger partial charge in [0.15, 0.2) is 6.10 Å². The second-order valence-electron chi connectivity index (χ2n) is 5.84. The summed E-state index contributed by atoms with van der Waals surface area (Å²) in [5.41, 5.74) is 1.51. The van der Waals surface area contributed by atoms with Crippen LogP contribution in [0.5, 0.6) is 5.75 Å². The molecule has 3 rings (SSSR count). The number of hydrogen-bond acceptors (Lipinski definition) is 5. The summed E-state index contributed by atoms with van der Waals surface area (Å²) in [6, 6.07) is 10.2. The monoisotopic (exact) mass is 356 g/mol. The van der Waals surface area contributed by atoms with Crippen molar-refractivity contribution in [2.75, 3.05) is 0 Å². The van der Waals surface area contributed by atoms with Crippen LogP contribution in [0.3, 0.4) is 0 Å². The van der Waals surface area contributed by atoms with Crippen molar-refractivity contribution in [1.82, 2.24) is 9.38 Å². The largest absolute Gasteiger partial charge is 0.479 e. The van der Waals surface area contributed by atoms with Crippen LogP contribution in [-0.2, 0) is 16.1 Å². The third kappa shape index (κ3) is 4.05. The van der Waals surface area contributed by atoms with E-state index in [0.29, 0.717) is 17.1 Å². The molecule has 0 bridgehead atoms. The van der Waals surface area contributed by atoms with Crippen LogP contribution in [-0.4, -0.2) is 21.5 Å². The van der Waals surface area contributed by atoms with E-state index >= 15 is 0 Å². The van der Waals surface area contributed by atoms with E-state index in [9.17, 15) is 14.0 Å². The quantitative estimate of drug-likeness (QED) is 0.658. The second kappa shape index (κ2) is 7.35. The molecule has 0 amide bonds. The van der Waals surface area contributed by atoms with E-state index in [-0.39, 0.29) is 12.2 Å². The van der Waals surface area contributed by atoms with Gasteiger partial charge in [-0.15, -0.1) is 0 Å². The van der Waals surface area contributed by atoms with Crippen molar-refractivity contribution >= 4 is 11.6 Å². The van der Waals surface area contributed by atoms with Crippen molar-refractivity contribution in [3.05, 3.63) is 76.1 Å². The van der Waals surface area contributed by atoms with Gasteiger partial charge in [-0.3, -0.25) is 9.20 Å². The first-order chi connectivity index (χ1) is 12.4. The Morgan fingerprint density at radius 3 is 2.69 bits per heavy atom. The van der Waals surface area contributed by atoms with Crippen molar-refractivity contribution in [2.24, 2.45) is 0 Å². The molecule has 2 aromatic heterocycles. The Morgan fingerprint density at radius 1 is 1.23 bits per heavy atom. The molecule has 0 aliphatic heterocycles. The van der Waals surface area contributed by atoms with Crippen molar-refractivity contribution in [1.29, 1.82) is 0 Å². The molecule has 7 heteroatoms. The zero-order chi connectivity index (χ0) is 18.7. The van der Waals surface area contributed by atoms with Gasteiger partial charge in [0, 0.05) is 12.3 Å². The molecular formula is C19H17FN2O4. The molecule has 0 saturated heterocycles. The molecule has 1 aromatic carbocycles. The van der Waals surface area contributed by atoms with E-state index in [1.165, 1.54) is 41.7 Å². The standard InChI is InChI=1S/C19H17FN2O4/c1-12-3-8-17-21-15(9-18(23)22(17)10-12)11-25-19(24)13(2)26-16-6-4-14(20)5-7-16/h3-10,13H,11H2,1-2H3/t13-/m0/s1. The van der Waals surface area contributed by atoms with Crippen molar-refractivity contribution < 1.29 is 18.7 Å². The maximum absolute atomic E-state index is 12.9. The zero-order valence-electron chi connectivity index (χ0n) is 14.3. The number of esters is 1. The van der Waals surface area contributed by atoms with Crippen molar-refractivity contribution in [3.63, 3.8) is 0 Å². The summed E-state index contributed by atoms with van der Waals surface area (Å²) in [5, 5.41) is 0. The molecule has 0 N–H and O–H groups in total. The minimum atomic E-state index is -0.885. The fourth-order valence-corrected chi connectivity index (χ4v) is 2.36. The first-order valence-electron chi connectivity index (χ1n) is 8.00. The van der Waals surface area contributed by atoms with Gasteiger partial charge in [0.25, 0.3) is 5.56 Å². The maximum atomic E-state index is 12.9. The number of halogens is 1. The number of aryl methyl sites for hydroxylation is 1. The lowest BCUT2D eigenvalue weighted by Crippen LogP contribution is -2.26. The summed E-state index contributed by atoms with van der Waals surface area (Å²) < 4.78 is 24.9. The molecule has 3 aromatic rings. The minimum Gasteiger partial charge on any atom is -0.479 e. The molecule has 6 nitrogen and oxygen atoms in total. The second-order valence-corrected chi connectivity index (χ2v) is 5.84. The lowest BCUT2D eigenvalue weighted by atomic mass is 10.3. The van der Waals surface area contributed by atoms with Gasteiger partial charge < -0.3 is 9.47 Å². The number of fused-ring (bicyclic) bond motifs is 1. The van der Waals surface area contributed by atoms with Gasteiger partial charge >= 0.3 is 5.97 Å². The first-order valence-corrected chi connectivity index (χ1v) is 8.00. The van der Waals surface area contributed by atoms with E-state index in [4.69, 9.17) is 9.47 Å². The number of ether oxygens (including phenoxy) is 2. The van der Waals surface area contributed by atoms with Gasteiger partial charge in [-0.2, -0.15) is 0 Å². The molecule has 0 aliphatic rings. The van der Waals surface area contributed by atoms with Crippen LogP contribution in [0.1, 0.15) is 18.2 Å². The van der Waals surface area contributed by atoms with Crippen LogP contribution in [0.25, 0.3) is 5.65 Å². The van der Waals surface area contributed by atoms with Crippen molar-refractivity contribution in [2.45, 2.75) is 26.6 Å². The summed E-state index contributed by atoms with van der Waals surface area (Å²) in [5.74, 6) is -0.648. The molecule has 0 aliphatic carbocycles. The van der Waals surface area contributed by atoms with Crippen LogP contribution < -0.4 is 10.3 Å². The molecule has 134 valence electrons. The van der Waals surface area contributed by atoms with Gasteiger partial charge in [-0.25, -0.2) is 14.2 Å². The Bertz CT molecular complexity index is 999. The number of carbonyl (C=O) groups is 1. The van der Waals surface area contributed by atoms with E-state index in [1.54, 1.807) is 12.3 Å². The van der Waals surface area contributed by atoms with Gasteiger partial charge in [-0.05, 0) is 49.7 Å². The maximum Gasteiger partial charge on any atom is 0.347 e. The number of benzene rings is 1. The summed E-state index contributed by atoms with van der Waals surface area (Å²) >= 11 is 0. The Labute approximate surface area is 148 Å². The zero-order valence-corrected chi connectivity index (χ0v) is 14.3. The summed E-state index contributed by atoms with van der Waals surface area (Å²) in [4.78, 5) is 28.5. The normalized spacial score (nSPS) is 12.0. The molecule has 0 fully saturated rings. The smallest absolute Gasteiger partial charge is 0.347 e. The highest BCUT2D eigenvalue weighted by Crippen LogP contribution is 2.14. The molecule has 2 heterocycles. The van der Waals surface area contributed by atoms with Crippen LogP contribution in [0.2, 0.25) is 0 Å². The average molecular weight is 356 g/mol. The average Bonchev–Trinajstić information content (AvgIpc) is 2.62.